The first kappa shape index (κ1) is 13.3. The molecule has 0 bridgehead atoms. The van der Waals surface area contributed by atoms with Gasteiger partial charge in [0.05, 0.1) is 16.2 Å². The number of aromatic nitrogens is 1. The van der Waals surface area contributed by atoms with Crippen LogP contribution in [0.25, 0.3) is 10.9 Å². The maximum absolute atomic E-state index is 10.8. The molecule has 0 radical (unpaired) electrons. The molecule has 7 heteroatoms. The van der Waals surface area contributed by atoms with E-state index in [1.165, 1.54) is 12.1 Å². The SMILES string of the molecule is Cc1cc(SCC(=O)O)c2cc([N+](=O)[O-])ccc2n1. The third-order valence-corrected chi connectivity index (χ3v) is 3.48. The van der Waals surface area contributed by atoms with Crippen molar-refractivity contribution in [2.75, 3.05) is 5.75 Å². The summed E-state index contributed by atoms with van der Waals surface area (Å²) in [7, 11) is 0. The monoisotopic (exact) mass is 278 g/mol. The molecule has 0 unspecified atom stereocenters. The van der Waals surface area contributed by atoms with Crippen LogP contribution in [0.2, 0.25) is 0 Å². The molecule has 1 aromatic carbocycles. The van der Waals surface area contributed by atoms with Crippen LogP contribution >= 0.6 is 11.8 Å². The van der Waals surface area contributed by atoms with E-state index in [0.29, 0.717) is 15.8 Å². The molecular weight excluding hydrogens is 268 g/mol. The molecule has 1 aromatic heterocycles. The Morgan fingerprint density at radius 3 is 2.84 bits per heavy atom. The van der Waals surface area contributed by atoms with E-state index in [2.05, 4.69) is 4.98 Å². The summed E-state index contributed by atoms with van der Waals surface area (Å²) in [4.78, 5) is 25.9. The second-order valence-electron chi connectivity index (χ2n) is 3.90. The molecule has 0 aliphatic carbocycles. The van der Waals surface area contributed by atoms with Gasteiger partial charge in [-0.3, -0.25) is 19.9 Å². The van der Waals surface area contributed by atoms with Crippen LogP contribution in [0.3, 0.4) is 0 Å². The molecule has 1 N–H and O–H groups in total. The molecule has 0 saturated heterocycles. The zero-order chi connectivity index (χ0) is 14.0. The fraction of sp³-hybridized carbons (Fsp3) is 0.167. The first-order valence-electron chi connectivity index (χ1n) is 5.38. The van der Waals surface area contributed by atoms with Gasteiger partial charge in [-0.1, -0.05) is 0 Å². The molecule has 0 fully saturated rings. The lowest BCUT2D eigenvalue weighted by molar-refractivity contribution is -0.384. The fourth-order valence-electron chi connectivity index (χ4n) is 1.68. The molecule has 0 aliphatic heterocycles. The second-order valence-corrected chi connectivity index (χ2v) is 4.92. The number of nitrogens with zero attached hydrogens (tertiary/aromatic N) is 2. The number of aryl methyl sites for hydroxylation is 1. The molecule has 6 nitrogen and oxygen atoms in total. The highest BCUT2D eigenvalue weighted by Crippen LogP contribution is 2.30. The molecule has 0 spiro atoms. The highest BCUT2D eigenvalue weighted by atomic mass is 32.2. The summed E-state index contributed by atoms with van der Waals surface area (Å²) in [6.07, 6.45) is 0. The fourth-order valence-corrected chi connectivity index (χ4v) is 2.53. The normalized spacial score (nSPS) is 10.6. The molecule has 1 heterocycles. The molecule has 0 atom stereocenters. The van der Waals surface area contributed by atoms with Gasteiger partial charge in [-0.15, -0.1) is 11.8 Å². The first-order chi connectivity index (χ1) is 8.97. The van der Waals surface area contributed by atoms with E-state index >= 15 is 0 Å². The maximum Gasteiger partial charge on any atom is 0.313 e. The van der Waals surface area contributed by atoms with Crippen LogP contribution in [0, 0.1) is 17.0 Å². The van der Waals surface area contributed by atoms with Crippen molar-refractivity contribution in [3.05, 3.63) is 40.1 Å². The van der Waals surface area contributed by atoms with Crippen molar-refractivity contribution in [3.63, 3.8) is 0 Å². The topological polar surface area (TPSA) is 93.3 Å². The minimum absolute atomic E-state index is 0.0321. The van der Waals surface area contributed by atoms with E-state index in [-0.39, 0.29) is 11.4 Å². The van der Waals surface area contributed by atoms with Crippen LogP contribution in [0.15, 0.2) is 29.2 Å². The predicted octanol–water partition coefficient (Wildman–Crippen LogP) is 2.63. The van der Waals surface area contributed by atoms with Crippen molar-refractivity contribution in [2.24, 2.45) is 0 Å². The van der Waals surface area contributed by atoms with Gasteiger partial charge in [-0.05, 0) is 19.1 Å². The largest absolute Gasteiger partial charge is 0.481 e. The molecule has 2 rings (SSSR count). The number of pyridine rings is 1. The van der Waals surface area contributed by atoms with Gasteiger partial charge >= 0.3 is 5.97 Å². The zero-order valence-corrected chi connectivity index (χ0v) is 10.8. The third-order valence-electron chi connectivity index (χ3n) is 2.44. The zero-order valence-electron chi connectivity index (χ0n) is 9.99. The minimum atomic E-state index is -0.932. The lowest BCUT2D eigenvalue weighted by Gasteiger charge is -2.06. The number of carboxylic acids is 1. The number of nitro benzene ring substituents is 1. The van der Waals surface area contributed by atoms with Crippen LogP contribution in [-0.2, 0) is 4.79 Å². The summed E-state index contributed by atoms with van der Waals surface area (Å²) in [6.45, 7) is 1.80. The van der Waals surface area contributed by atoms with E-state index in [4.69, 9.17) is 5.11 Å². The summed E-state index contributed by atoms with van der Waals surface area (Å²) in [5.41, 5.74) is 1.34. The maximum atomic E-state index is 10.8. The average molecular weight is 278 g/mol. The van der Waals surface area contributed by atoms with Crippen molar-refractivity contribution in [3.8, 4) is 0 Å². The number of carbonyl (C=O) groups is 1. The minimum Gasteiger partial charge on any atom is -0.481 e. The van der Waals surface area contributed by atoms with Crippen molar-refractivity contribution in [1.29, 1.82) is 0 Å². The van der Waals surface area contributed by atoms with Gasteiger partial charge in [0.2, 0.25) is 0 Å². The lowest BCUT2D eigenvalue weighted by Crippen LogP contribution is -1.98. The van der Waals surface area contributed by atoms with Gasteiger partial charge in [-0.2, -0.15) is 0 Å². The highest BCUT2D eigenvalue weighted by Gasteiger charge is 2.12. The predicted molar refractivity (Wildman–Crippen MR) is 71.5 cm³/mol. The third kappa shape index (κ3) is 3.00. The van der Waals surface area contributed by atoms with Crippen LogP contribution in [0.5, 0.6) is 0 Å². The van der Waals surface area contributed by atoms with E-state index < -0.39 is 10.9 Å². The number of thioether (sulfide) groups is 1. The molecule has 0 amide bonds. The Balaban J connectivity index is 2.55. The molecule has 19 heavy (non-hydrogen) atoms. The smallest absolute Gasteiger partial charge is 0.313 e. The molecule has 2 aromatic rings. The van der Waals surface area contributed by atoms with E-state index in [1.54, 1.807) is 19.1 Å². The summed E-state index contributed by atoms with van der Waals surface area (Å²) < 4.78 is 0. The Bertz CT molecular complexity index is 672. The Morgan fingerprint density at radius 1 is 1.47 bits per heavy atom. The molecular formula is C12H10N2O4S. The summed E-state index contributed by atoms with van der Waals surface area (Å²) in [5, 5.41) is 20.1. The van der Waals surface area contributed by atoms with Crippen LogP contribution in [0.4, 0.5) is 5.69 Å². The Kier molecular flexibility index (Phi) is 3.66. The Labute approximate surface area is 112 Å². The number of carboxylic acid groups (broad SMARTS) is 1. The van der Waals surface area contributed by atoms with Crippen molar-refractivity contribution < 1.29 is 14.8 Å². The Morgan fingerprint density at radius 2 is 2.21 bits per heavy atom. The summed E-state index contributed by atoms with van der Waals surface area (Å²) in [5.74, 6) is -1.03. The average Bonchev–Trinajstić information content (AvgIpc) is 2.35. The quantitative estimate of drug-likeness (QED) is 0.525. The Hall–Kier alpha value is -2.15. The summed E-state index contributed by atoms with van der Waals surface area (Å²) in [6, 6.07) is 6.12. The van der Waals surface area contributed by atoms with Crippen molar-refractivity contribution in [2.45, 2.75) is 11.8 Å². The number of hydrogen-bond donors (Lipinski definition) is 1. The second kappa shape index (κ2) is 5.23. The van der Waals surface area contributed by atoms with Crippen LogP contribution < -0.4 is 0 Å². The van der Waals surface area contributed by atoms with Gasteiger partial charge in [0.25, 0.3) is 5.69 Å². The van der Waals surface area contributed by atoms with Crippen molar-refractivity contribution in [1.82, 2.24) is 4.98 Å². The van der Waals surface area contributed by atoms with Gasteiger partial charge in [0.1, 0.15) is 0 Å². The molecule has 0 saturated carbocycles. The summed E-state index contributed by atoms with van der Waals surface area (Å²) >= 11 is 1.13. The number of nitro groups is 1. The number of rotatable bonds is 4. The van der Waals surface area contributed by atoms with Gasteiger partial charge in [0.15, 0.2) is 0 Å². The van der Waals surface area contributed by atoms with E-state index in [9.17, 15) is 14.9 Å². The standard InChI is InChI=1S/C12H10N2O4S/c1-7-4-11(19-6-12(15)16)9-5-8(14(17)18)2-3-10(9)13-7/h2-5H,6H2,1H3,(H,15,16). The number of hydrogen-bond acceptors (Lipinski definition) is 5. The lowest BCUT2D eigenvalue weighted by atomic mass is 10.2. The number of fused-ring (bicyclic) bond motifs is 1. The number of benzene rings is 1. The molecule has 98 valence electrons. The van der Waals surface area contributed by atoms with Gasteiger partial charge < -0.3 is 5.11 Å². The molecule has 0 aliphatic rings. The van der Waals surface area contributed by atoms with E-state index in [1.807, 2.05) is 0 Å². The highest BCUT2D eigenvalue weighted by molar-refractivity contribution is 8.00. The van der Waals surface area contributed by atoms with Gasteiger partial charge in [0, 0.05) is 28.1 Å². The first-order valence-corrected chi connectivity index (χ1v) is 6.36. The van der Waals surface area contributed by atoms with Gasteiger partial charge in [-0.25, -0.2) is 0 Å². The van der Waals surface area contributed by atoms with Crippen LogP contribution in [-0.4, -0.2) is 26.7 Å². The van der Waals surface area contributed by atoms with Crippen LogP contribution in [0.1, 0.15) is 5.69 Å². The van der Waals surface area contributed by atoms with Crippen molar-refractivity contribution >= 4 is 34.3 Å². The van der Waals surface area contributed by atoms with E-state index in [0.717, 1.165) is 17.5 Å². The number of non-ortho nitro benzene ring substituents is 1. The number of aliphatic carboxylic acids is 1.